The number of carbonyl (C=O) groups excluding carboxylic acids is 4. The Kier molecular flexibility index (Phi) is 10.0. The summed E-state index contributed by atoms with van der Waals surface area (Å²) in [6, 6.07) is 11.7. The maximum Gasteiger partial charge on any atom is 0.195 e. The minimum Gasteiger partial charge on any atom is -0.508 e. The normalized spacial score (nSPS) is 15.5. The molecule has 0 amide bonds. The maximum atomic E-state index is 15.0. The molecule has 8 N–H and O–H groups in total. The van der Waals surface area contributed by atoms with Crippen molar-refractivity contribution in [3.05, 3.63) is 115 Å². The number of phenols is 6. The number of nitrogens with one attached hydrogen (secondary N) is 2. The summed E-state index contributed by atoms with van der Waals surface area (Å²) < 4.78 is 0. The number of hydrazone groups is 2. The van der Waals surface area contributed by atoms with Gasteiger partial charge in [0.25, 0.3) is 0 Å². The molecular formula is C42H38N4O10. The number of nitrogens with zero attached hydrogens (tertiary/aromatic N) is 2. The molecule has 0 spiro atoms. The smallest absolute Gasteiger partial charge is 0.195 e. The number of aldehydes is 2. The first-order valence-electron chi connectivity index (χ1n) is 17.5. The number of ketones is 2. The lowest BCUT2D eigenvalue weighted by Gasteiger charge is -2.32. The zero-order valence-corrected chi connectivity index (χ0v) is 31.1. The summed E-state index contributed by atoms with van der Waals surface area (Å²) in [5, 5.41) is 73.5. The van der Waals surface area contributed by atoms with Crippen LogP contribution < -0.4 is 10.9 Å². The van der Waals surface area contributed by atoms with Crippen LogP contribution in [0.4, 0.5) is 11.4 Å². The number of fused-ring (bicyclic) bond motifs is 2. The Balaban J connectivity index is 1.74. The van der Waals surface area contributed by atoms with Gasteiger partial charge in [0.05, 0.1) is 33.9 Å². The van der Waals surface area contributed by atoms with Gasteiger partial charge >= 0.3 is 0 Å². The van der Waals surface area contributed by atoms with Crippen LogP contribution in [0.3, 0.4) is 0 Å². The number of hydrogen-bond acceptors (Lipinski definition) is 14. The Hall–Kier alpha value is -7.22. The molecule has 14 nitrogen and oxygen atoms in total. The van der Waals surface area contributed by atoms with Crippen molar-refractivity contribution in [2.24, 2.45) is 10.2 Å². The first-order chi connectivity index (χ1) is 26.5. The first kappa shape index (κ1) is 38.5. The average Bonchev–Trinajstić information content (AvgIpc) is 3.15. The zero-order chi connectivity index (χ0) is 40.9. The van der Waals surface area contributed by atoms with Crippen LogP contribution in [-0.4, -0.2) is 66.2 Å². The third kappa shape index (κ3) is 6.10. The summed E-state index contributed by atoms with van der Waals surface area (Å²) in [7, 11) is 0. The molecule has 0 fully saturated rings. The number of phenolic OH excluding ortho intramolecular Hbond substituents is 6. The van der Waals surface area contributed by atoms with Gasteiger partial charge in [0.1, 0.15) is 11.5 Å². The van der Waals surface area contributed by atoms with Gasteiger partial charge in [-0.05, 0) is 85.4 Å². The molecule has 0 unspecified atom stereocenters. The number of hydrogen-bond donors (Lipinski definition) is 8. The Morgan fingerprint density at radius 2 is 0.839 bits per heavy atom. The maximum absolute atomic E-state index is 15.0. The SMILES string of the molecule is CC1=C(C2=C(C)/C(=N\Nc3ccc(O)cc3)c3c(c(C=O)c(O)c(O)c3C(C)C)C2=O)C(=O)c2c(C=O)c(O)c(O)c(C(C)C)c2/C1=N/Nc1ccc(O)cc1. The van der Waals surface area contributed by atoms with Crippen molar-refractivity contribution in [1.82, 2.24) is 0 Å². The van der Waals surface area contributed by atoms with E-state index in [-0.39, 0.29) is 91.2 Å². The fourth-order valence-electron chi connectivity index (χ4n) is 7.24. The zero-order valence-electron chi connectivity index (χ0n) is 31.1. The van der Waals surface area contributed by atoms with E-state index in [0.29, 0.717) is 11.4 Å². The largest absolute Gasteiger partial charge is 0.508 e. The van der Waals surface area contributed by atoms with Gasteiger partial charge in [-0.15, -0.1) is 0 Å². The number of Topliss-reactive ketones (excluding diaryl/α,β-unsaturated/α-hetero) is 2. The van der Waals surface area contributed by atoms with Crippen LogP contribution in [0, 0.1) is 0 Å². The number of carbonyl (C=O) groups is 4. The molecule has 0 aliphatic heterocycles. The molecule has 286 valence electrons. The first-order valence-corrected chi connectivity index (χ1v) is 17.5. The quantitative estimate of drug-likeness (QED) is 0.0368. The molecule has 0 atom stereocenters. The molecule has 0 radical (unpaired) electrons. The number of benzene rings is 4. The number of rotatable bonds is 9. The Morgan fingerprint density at radius 3 is 1.12 bits per heavy atom. The molecule has 2 aliphatic carbocycles. The molecule has 0 saturated carbocycles. The van der Waals surface area contributed by atoms with Crippen LogP contribution in [0.15, 0.2) is 81.0 Å². The van der Waals surface area contributed by atoms with Gasteiger partial charge in [-0.2, -0.15) is 10.2 Å². The van der Waals surface area contributed by atoms with Gasteiger partial charge in [-0.3, -0.25) is 30.0 Å². The second-order valence-electron chi connectivity index (χ2n) is 14.0. The van der Waals surface area contributed by atoms with E-state index in [1.54, 1.807) is 27.7 Å². The third-order valence-corrected chi connectivity index (χ3v) is 9.86. The lowest BCUT2D eigenvalue weighted by Crippen LogP contribution is -2.33. The molecule has 2 aliphatic rings. The topological polar surface area (TPSA) is 238 Å². The molecule has 56 heavy (non-hydrogen) atoms. The van der Waals surface area contributed by atoms with Crippen LogP contribution in [0.25, 0.3) is 0 Å². The molecule has 14 heteroatoms. The van der Waals surface area contributed by atoms with Gasteiger partial charge in [-0.25, -0.2) is 0 Å². The standard InChI is InChI=1S/C42H38N4O10/c1-17(2)27-33-31(25(15-47)37(51)41(27)55)39(53)29(19(5)35(33)45-43-21-7-11-23(49)12-8-21)30-20(6)36(46-44-22-9-13-24(50)14-10-22)34-28(18(3)4)42(56)38(52)26(16-48)32(34)40(30)54/h7-18,43-44,49-52,55-56H,1-6H3/b45-35+,46-36+. The molecule has 0 saturated heterocycles. The van der Waals surface area contributed by atoms with Crippen molar-refractivity contribution < 1.29 is 49.8 Å². The molecule has 4 aromatic carbocycles. The highest BCUT2D eigenvalue weighted by molar-refractivity contribution is 6.40. The second-order valence-corrected chi connectivity index (χ2v) is 14.0. The second kappa shape index (κ2) is 14.5. The van der Waals surface area contributed by atoms with Gasteiger partial charge in [0, 0.05) is 44.5 Å². The lowest BCUT2D eigenvalue weighted by molar-refractivity contribution is 0.0989. The number of aromatic hydroxyl groups is 6. The summed E-state index contributed by atoms with van der Waals surface area (Å²) in [6.45, 7) is 9.81. The van der Waals surface area contributed by atoms with E-state index in [2.05, 4.69) is 21.1 Å². The molecule has 0 heterocycles. The predicted molar refractivity (Wildman–Crippen MR) is 209 cm³/mol. The fourth-order valence-corrected chi connectivity index (χ4v) is 7.24. The van der Waals surface area contributed by atoms with Crippen LogP contribution in [0.5, 0.6) is 34.5 Å². The van der Waals surface area contributed by atoms with E-state index in [0.717, 1.165) is 0 Å². The highest BCUT2D eigenvalue weighted by Gasteiger charge is 2.44. The summed E-state index contributed by atoms with van der Waals surface area (Å²) in [5.74, 6) is -5.86. The van der Waals surface area contributed by atoms with Gasteiger partial charge < -0.3 is 30.6 Å². The molecule has 4 aromatic rings. The molecule has 6 rings (SSSR count). The van der Waals surface area contributed by atoms with E-state index in [4.69, 9.17) is 0 Å². The van der Waals surface area contributed by atoms with E-state index in [1.165, 1.54) is 62.4 Å². The van der Waals surface area contributed by atoms with Gasteiger partial charge in [0.15, 0.2) is 47.1 Å². The predicted octanol–water partition coefficient (Wildman–Crippen LogP) is 7.15. The Bertz CT molecular complexity index is 2330. The minimum atomic E-state index is -0.892. The van der Waals surface area contributed by atoms with E-state index >= 15 is 9.59 Å². The number of anilines is 2. The van der Waals surface area contributed by atoms with Gasteiger partial charge in [-0.1, -0.05) is 27.7 Å². The molecule has 0 bridgehead atoms. The lowest BCUT2D eigenvalue weighted by atomic mass is 9.70. The van der Waals surface area contributed by atoms with Crippen LogP contribution >= 0.6 is 0 Å². The summed E-state index contributed by atoms with van der Waals surface area (Å²) in [5.41, 5.74) is 4.59. The van der Waals surface area contributed by atoms with Crippen LogP contribution in [0.2, 0.25) is 0 Å². The highest BCUT2D eigenvalue weighted by atomic mass is 16.3. The van der Waals surface area contributed by atoms with E-state index < -0.39 is 57.5 Å². The summed E-state index contributed by atoms with van der Waals surface area (Å²) in [4.78, 5) is 55.4. The van der Waals surface area contributed by atoms with E-state index in [1.807, 2.05) is 0 Å². The van der Waals surface area contributed by atoms with Crippen molar-refractivity contribution in [3.63, 3.8) is 0 Å². The Morgan fingerprint density at radius 1 is 0.518 bits per heavy atom. The van der Waals surface area contributed by atoms with Crippen molar-refractivity contribution in [3.8, 4) is 34.5 Å². The average molecular weight is 759 g/mol. The van der Waals surface area contributed by atoms with E-state index in [9.17, 15) is 40.2 Å². The van der Waals surface area contributed by atoms with Crippen molar-refractivity contribution in [1.29, 1.82) is 0 Å². The summed E-state index contributed by atoms with van der Waals surface area (Å²) in [6.07, 6.45) is 0.431. The molecular weight excluding hydrogens is 720 g/mol. The van der Waals surface area contributed by atoms with Crippen molar-refractivity contribution in [2.45, 2.75) is 53.4 Å². The fraction of sp³-hybridized carbons (Fsp3) is 0.190. The minimum absolute atomic E-state index is 0.0106. The van der Waals surface area contributed by atoms with Crippen LogP contribution in [-0.2, 0) is 0 Å². The number of allylic oxidation sites excluding steroid dienone is 4. The van der Waals surface area contributed by atoms with Crippen LogP contribution in [0.1, 0.15) is 117 Å². The molecule has 0 aromatic heterocycles. The monoisotopic (exact) mass is 758 g/mol. The van der Waals surface area contributed by atoms with Gasteiger partial charge in [0.2, 0.25) is 0 Å². The van der Waals surface area contributed by atoms with Crippen molar-refractivity contribution >= 4 is 46.9 Å². The Labute approximate surface area is 320 Å². The van der Waals surface area contributed by atoms with Crippen molar-refractivity contribution in [2.75, 3.05) is 10.9 Å². The highest BCUT2D eigenvalue weighted by Crippen LogP contribution is 2.50. The third-order valence-electron chi connectivity index (χ3n) is 9.86. The summed E-state index contributed by atoms with van der Waals surface area (Å²) >= 11 is 0.